The summed E-state index contributed by atoms with van der Waals surface area (Å²) in [4.78, 5) is 26.7. The molecule has 0 radical (unpaired) electrons. The molecule has 1 aliphatic heterocycles. The van der Waals surface area contributed by atoms with Crippen LogP contribution in [0.3, 0.4) is 0 Å². The molecule has 0 fully saturated rings. The second-order valence-electron chi connectivity index (χ2n) is 7.65. The molecule has 1 aliphatic rings. The van der Waals surface area contributed by atoms with Crippen LogP contribution in [0.2, 0.25) is 0 Å². The molecule has 0 aromatic heterocycles. The first-order valence-electron chi connectivity index (χ1n) is 8.62. The molecule has 0 atom stereocenters. The van der Waals surface area contributed by atoms with Gasteiger partial charge in [-0.2, -0.15) is 0 Å². The van der Waals surface area contributed by atoms with Crippen molar-refractivity contribution in [2.75, 3.05) is 33.8 Å². The zero-order valence-electron chi connectivity index (χ0n) is 16.1. The Morgan fingerprint density at radius 3 is 2.58 bits per heavy atom. The fourth-order valence-electron chi connectivity index (χ4n) is 2.65. The third kappa shape index (κ3) is 5.32. The number of carbonyl (C=O) groups excluding carboxylic acids is 1. The van der Waals surface area contributed by atoms with Crippen LogP contribution in [-0.4, -0.2) is 60.2 Å². The predicted octanol–water partition coefficient (Wildman–Crippen LogP) is 2.83. The van der Waals surface area contributed by atoms with E-state index in [4.69, 9.17) is 9.47 Å². The van der Waals surface area contributed by atoms with E-state index in [2.05, 4.69) is 0 Å². The number of nitrogens with zero attached hydrogens (tertiary/aromatic N) is 3. The SMILES string of the molecule is CN(C)CCOc1cc2c(cc1[N+](=O)[O-])CN(C(=O)OC(C)(C)C)CC2. The largest absolute Gasteiger partial charge is 0.485 e. The van der Waals surface area contributed by atoms with Gasteiger partial charge in [-0.15, -0.1) is 0 Å². The number of nitro benzene ring substituents is 1. The van der Waals surface area contributed by atoms with Crippen LogP contribution in [-0.2, 0) is 17.7 Å². The number of carbonyl (C=O) groups is 1. The lowest BCUT2D eigenvalue weighted by Gasteiger charge is -2.31. The first-order chi connectivity index (χ1) is 12.1. The lowest BCUT2D eigenvalue weighted by molar-refractivity contribution is -0.386. The Balaban J connectivity index is 2.18. The van der Waals surface area contributed by atoms with Crippen LogP contribution in [0.15, 0.2) is 12.1 Å². The van der Waals surface area contributed by atoms with Crippen molar-refractivity contribution in [3.8, 4) is 5.75 Å². The zero-order valence-corrected chi connectivity index (χ0v) is 16.1. The van der Waals surface area contributed by atoms with E-state index in [1.54, 1.807) is 11.0 Å². The van der Waals surface area contributed by atoms with Crippen molar-refractivity contribution in [1.82, 2.24) is 9.80 Å². The van der Waals surface area contributed by atoms with E-state index >= 15 is 0 Å². The van der Waals surface area contributed by atoms with Gasteiger partial charge in [0.05, 0.1) is 4.92 Å². The third-order valence-electron chi connectivity index (χ3n) is 3.94. The highest BCUT2D eigenvalue weighted by molar-refractivity contribution is 5.69. The molecule has 2 rings (SSSR count). The summed E-state index contributed by atoms with van der Waals surface area (Å²) in [7, 11) is 3.83. The van der Waals surface area contributed by atoms with Gasteiger partial charge in [0.2, 0.25) is 0 Å². The molecular formula is C18H27N3O5. The highest BCUT2D eigenvalue weighted by Crippen LogP contribution is 2.33. The fourth-order valence-corrected chi connectivity index (χ4v) is 2.65. The first-order valence-corrected chi connectivity index (χ1v) is 8.62. The molecule has 144 valence electrons. The van der Waals surface area contributed by atoms with Crippen LogP contribution in [0.25, 0.3) is 0 Å². The summed E-state index contributed by atoms with van der Waals surface area (Å²) in [6.07, 6.45) is 0.202. The number of hydrogen-bond acceptors (Lipinski definition) is 6. The normalized spacial score (nSPS) is 14.2. The number of nitro groups is 1. The number of likely N-dealkylation sites (N-methyl/N-ethyl adjacent to an activating group) is 1. The highest BCUT2D eigenvalue weighted by Gasteiger charge is 2.28. The fraction of sp³-hybridized carbons (Fsp3) is 0.611. The first kappa shape index (κ1) is 20.0. The van der Waals surface area contributed by atoms with Crippen molar-refractivity contribution in [1.29, 1.82) is 0 Å². The Morgan fingerprint density at radius 2 is 2.00 bits per heavy atom. The molecule has 1 aromatic carbocycles. The molecule has 0 unspecified atom stereocenters. The maximum Gasteiger partial charge on any atom is 0.410 e. The molecule has 0 bridgehead atoms. The Bertz CT molecular complexity index is 682. The summed E-state index contributed by atoms with van der Waals surface area (Å²) >= 11 is 0. The quantitative estimate of drug-likeness (QED) is 0.589. The molecule has 0 N–H and O–H groups in total. The highest BCUT2D eigenvalue weighted by atomic mass is 16.6. The predicted molar refractivity (Wildman–Crippen MR) is 97.5 cm³/mol. The van der Waals surface area contributed by atoms with Crippen LogP contribution >= 0.6 is 0 Å². The molecule has 1 amide bonds. The summed E-state index contributed by atoms with van der Waals surface area (Å²) in [5.41, 5.74) is 1.07. The van der Waals surface area contributed by atoms with E-state index in [1.807, 2.05) is 39.8 Å². The Morgan fingerprint density at radius 1 is 1.31 bits per heavy atom. The van der Waals surface area contributed by atoms with Crippen LogP contribution in [0.1, 0.15) is 31.9 Å². The maximum absolute atomic E-state index is 12.3. The maximum atomic E-state index is 12.3. The molecule has 1 heterocycles. The molecule has 26 heavy (non-hydrogen) atoms. The molecular weight excluding hydrogens is 338 g/mol. The van der Waals surface area contributed by atoms with E-state index < -0.39 is 16.6 Å². The van der Waals surface area contributed by atoms with Crippen LogP contribution < -0.4 is 4.74 Å². The molecule has 0 aliphatic carbocycles. The summed E-state index contributed by atoms with van der Waals surface area (Å²) in [6.45, 7) is 7.28. The second kappa shape index (κ2) is 7.90. The van der Waals surface area contributed by atoms with Crippen LogP contribution in [0.5, 0.6) is 5.75 Å². The summed E-state index contributed by atoms with van der Waals surface area (Å²) in [6, 6.07) is 3.24. The number of hydrogen-bond donors (Lipinski definition) is 0. The van der Waals surface area contributed by atoms with E-state index in [0.717, 1.165) is 11.1 Å². The number of benzene rings is 1. The second-order valence-corrected chi connectivity index (χ2v) is 7.65. The smallest absolute Gasteiger partial charge is 0.410 e. The monoisotopic (exact) mass is 365 g/mol. The van der Waals surface area contributed by atoms with Gasteiger partial charge in [0, 0.05) is 25.7 Å². The van der Waals surface area contributed by atoms with Gasteiger partial charge in [-0.25, -0.2) is 4.79 Å². The summed E-state index contributed by atoms with van der Waals surface area (Å²) in [5.74, 6) is 0.279. The van der Waals surface area contributed by atoms with Gasteiger partial charge in [-0.05, 0) is 58.5 Å². The average molecular weight is 365 g/mol. The Hall–Kier alpha value is -2.35. The molecule has 8 heteroatoms. The minimum absolute atomic E-state index is 0.0754. The van der Waals surface area contributed by atoms with Crippen molar-refractivity contribution >= 4 is 11.8 Å². The van der Waals surface area contributed by atoms with Gasteiger partial charge in [0.25, 0.3) is 0 Å². The van der Waals surface area contributed by atoms with Crippen molar-refractivity contribution in [3.05, 3.63) is 33.4 Å². The minimum Gasteiger partial charge on any atom is -0.485 e. The number of ether oxygens (including phenoxy) is 2. The van der Waals surface area contributed by atoms with Crippen molar-refractivity contribution in [2.45, 2.75) is 39.3 Å². The van der Waals surface area contributed by atoms with Gasteiger partial charge in [0.15, 0.2) is 5.75 Å². The number of amides is 1. The van der Waals surface area contributed by atoms with Crippen LogP contribution in [0, 0.1) is 10.1 Å². The third-order valence-corrected chi connectivity index (χ3v) is 3.94. The average Bonchev–Trinajstić information content (AvgIpc) is 2.51. The molecule has 8 nitrogen and oxygen atoms in total. The lowest BCUT2D eigenvalue weighted by atomic mass is 9.98. The minimum atomic E-state index is -0.576. The number of fused-ring (bicyclic) bond motifs is 1. The molecule has 1 aromatic rings. The lowest BCUT2D eigenvalue weighted by Crippen LogP contribution is -2.39. The molecule has 0 saturated heterocycles. The van der Waals surface area contributed by atoms with E-state index in [1.165, 1.54) is 6.07 Å². The topological polar surface area (TPSA) is 85.2 Å². The van der Waals surface area contributed by atoms with Gasteiger partial charge in [-0.3, -0.25) is 10.1 Å². The molecule has 0 saturated carbocycles. The van der Waals surface area contributed by atoms with E-state index in [9.17, 15) is 14.9 Å². The standard InChI is InChI=1S/C18H27N3O5/c1-18(2,3)26-17(22)20-7-6-13-11-16(25-9-8-19(4)5)15(21(23)24)10-14(13)12-20/h10-11H,6-9,12H2,1-5H3. The van der Waals surface area contributed by atoms with Gasteiger partial charge < -0.3 is 19.3 Å². The number of rotatable bonds is 5. The summed E-state index contributed by atoms with van der Waals surface area (Å²) < 4.78 is 11.0. The molecule has 0 spiro atoms. The van der Waals surface area contributed by atoms with Crippen molar-refractivity contribution in [2.24, 2.45) is 0 Å². The summed E-state index contributed by atoms with van der Waals surface area (Å²) in [5, 5.41) is 11.4. The van der Waals surface area contributed by atoms with Gasteiger partial charge in [-0.1, -0.05) is 0 Å². The van der Waals surface area contributed by atoms with E-state index in [-0.39, 0.29) is 11.4 Å². The van der Waals surface area contributed by atoms with Crippen molar-refractivity contribution < 1.29 is 19.2 Å². The van der Waals surface area contributed by atoms with Crippen molar-refractivity contribution in [3.63, 3.8) is 0 Å². The van der Waals surface area contributed by atoms with Crippen LogP contribution in [0.4, 0.5) is 10.5 Å². The Labute approximate surface area is 153 Å². The van der Waals surface area contributed by atoms with Gasteiger partial charge in [0.1, 0.15) is 12.2 Å². The Kier molecular flexibility index (Phi) is 6.07. The zero-order chi connectivity index (χ0) is 19.5. The van der Waals surface area contributed by atoms with E-state index in [0.29, 0.717) is 32.7 Å². The van der Waals surface area contributed by atoms with Gasteiger partial charge >= 0.3 is 11.8 Å².